The minimum absolute atomic E-state index is 0.0198. The molecule has 0 aliphatic rings. The maximum atomic E-state index is 12.7. The number of carboxylic acids is 1. The van der Waals surface area contributed by atoms with Gasteiger partial charge in [0.2, 0.25) is 0 Å². The summed E-state index contributed by atoms with van der Waals surface area (Å²) in [4.78, 5) is 36.8. The first-order valence-electron chi connectivity index (χ1n) is 21.9. The lowest BCUT2D eigenvalue weighted by atomic mass is 10.1. The molecule has 0 aliphatic heterocycles. The molecule has 0 N–H and O–H groups in total. The van der Waals surface area contributed by atoms with Gasteiger partial charge in [0.1, 0.15) is 12.6 Å². The molecule has 0 bridgehead atoms. The van der Waals surface area contributed by atoms with Gasteiger partial charge in [-0.25, -0.2) is 0 Å². The number of quaternary nitrogens is 1. The number of nitrogens with zero attached hydrogens (tertiary/aromatic N) is 1. The summed E-state index contributed by atoms with van der Waals surface area (Å²) in [6.45, 7) is 4.46. The highest BCUT2D eigenvalue weighted by atomic mass is 16.6. The first-order chi connectivity index (χ1) is 26.6. The monoisotopic (exact) mass is 772 g/mol. The van der Waals surface area contributed by atoms with E-state index in [4.69, 9.17) is 14.2 Å². The number of esters is 2. The highest BCUT2D eigenvalue weighted by Crippen LogP contribution is 2.13. The number of ether oxygens (including phenoxy) is 3. The highest BCUT2D eigenvalue weighted by molar-refractivity contribution is 5.70. The molecule has 2 atom stereocenters. The minimum atomic E-state index is -1.14. The van der Waals surface area contributed by atoms with Gasteiger partial charge >= 0.3 is 11.9 Å². The summed E-state index contributed by atoms with van der Waals surface area (Å²) in [6.07, 6.45) is 45.4. The van der Waals surface area contributed by atoms with Crippen LogP contribution in [-0.4, -0.2) is 75.5 Å². The quantitative estimate of drug-likeness (QED) is 0.0202. The Bertz CT molecular complexity index is 1090. The first kappa shape index (κ1) is 52.0. The molecule has 0 fully saturated rings. The van der Waals surface area contributed by atoms with E-state index in [0.717, 1.165) is 57.8 Å². The summed E-state index contributed by atoms with van der Waals surface area (Å²) >= 11 is 0. The van der Waals surface area contributed by atoms with Crippen molar-refractivity contribution in [1.82, 2.24) is 0 Å². The molecule has 316 valence electrons. The highest BCUT2D eigenvalue weighted by Gasteiger charge is 2.25. The van der Waals surface area contributed by atoms with Crippen molar-refractivity contribution in [3.05, 3.63) is 60.8 Å². The molecule has 0 radical (unpaired) electrons. The number of hydrogen-bond donors (Lipinski definition) is 0. The van der Waals surface area contributed by atoms with Crippen LogP contribution in [0.2, 0.25) is 0 Å². The smallest absolute Gasteiger partial charge is 0.306 e. The molecular weight excluding hydrogens is 691 g/mol. The third kappa shape index (κ3) is 36.4. The number of carbonyl (C=O) groups excluding carboxylic acids is 3. The van der Waals surface area contributed by atoms with Crippen molar-refractivity contribution < 1.29 is 38.2 Å². The third-order valence-electron chi connectivity index (χ3n) is 9.48. The van der Waals surface area contributed by atoms with Gasteiger partial charge in [-0.2, -0.15) is 0 Å². The predicted molar refractivity (Wildman–Crippen MR) is 226 cm³/mol. The molecule has 2 unspecified atom stereocenters. The van der Waals surface area contributed by atoms with E-state index < -0.39 is 18.1 Å². The summed E-state index contributed by atoms with van der Waals surface area (Å²) in [5.41, 5.74) is 0. The molecule has 0 aliphatic carbocycles. The van der Waals surface area contributed by atoms with Gasteiger partial charge < -0.3 is 28.6 Å². The van der Waals surface area contributed by atoms with Gasteiger partial charge in [0.15, 0.2) is 6.10 Å². The largest absolute Gasteiger partial charge is 0.544 e. The van der Waals surface area contributed by atoms with Gasteiger partial charge in [-0.1, -0.05) is 152 Å². The maximum Gasteiger partial charge on any atom is 0.306 e. The van der Waals surface area contributed by atoms with Crippen LogP contribution in [0.4, 0.5) is 0 Å². The van der Waals surface area contributed by atoms with Crippen molar-refractivity contribution in [2.45, 2.75) is 180 Å². The van der Waals surface area contributed by atoms with Gasteiger partial charge in [-0.3, -0.25) is 9.59 Å². The molecule has 0 aromatic heterocycles. The number of rotatable bonds is 38. The number of likely N-dealkylation sites (N-methyl/N-ethyl adjacent to an activating group) is 1. The van der Waals surface area contributed by atoms with E-state index in [0.29, 0.717) is 12.8 Å². The SMILES string of the molecule is CC/C=C/C=C/C=C/C=C/CCCCCC(=O)OC(COCCC(C(=O)[O-])[N+](C)(C)C)COC(=O)CCCCCCC/C=C/CCCCCCCCCCC. The van der Waals surface area contributed by atoms with Gasteiger partial charge in [0.25, 0.3) is 0 Å². The molecule has 0 amide bonds. The lowest BCUT2D eigenvalue weighted by Crippen LogP contribution is -2.55. The second kappa shape index (κ2) is 37.9. The van der Waals surface area contributed by atoms with E-state index in [9.17, 15) is 19.5 Å². The van der Waals surface area contributed by atoms with Gasteiger partial charge in [0.05, 0.1) is 40.3 Å². The summed E-state index contributed by atoms with van der Waals surface area (Å²) in [6, 6.07) is -0.736. The molecule has 0 aromatic rings. The Labute approximate surface area is 337 Å². The molecule has 0 spiro atoms. The van der Waals surface area contributed by atoms with E-state index in [2.05, 4.69) is 38.2 Å². The van der Waals surface area contributed by atoms with Crippen LogP contribution in [0, 0.1) is 0 Å². The zero-order chi connectivity index (χ0) is 40.7. The Morgan fingerprint density at radius 1 is 0.564 bits per heavy atom. The Hall–Kier alpha value is -2.97. The number of carbonyl (C=O) groups is 3. The van der Waals surface area contributed by atoms with Crippen molar-refractivity contribution in [3.8, 4) is 0 Å². The predicted octanol–water partition coefficient (Wildman–Crippen LogP) is 10.5. The number of aliphatic carboxylic acids is 1. The fourth-order valence-corrected chi connectivity index (χ4v) is 6.07. The Kier molecular flexibility index (Phi) is 35.9. The normalized spacial score (nSPS) is 13.5. The van der Waals surface area contributed by atoms with Crippen LogP contribution in [0.25, 0.3) is 0 Å². The average Bonchev–Trinajstić information content (AvgIpc) is 3.14. The van der Waals surface area contributed by atoms with Crippen molar-refractivity contribution >= 4 is 17.9 Å². The van der Waals surface area contributed by atoms with Crippen LogP contribution in [0.1, 0.15) is 168 Å². The number of unbranched alkanes of at least 4 members (excludes halogenated alkanes) is 17. The van der Waals surface area contributed by atoms with Crippen LogP contribution in [-0.2, 0) is 28.6 Å². The molecular formula is C47H81NO7. The molecule has 0 saturated carbocycles. The van der Waals surface area contributed by atoms with Gasteiger partial charge in [0, 0.05) is 19.3 Å². The lowest BCUT2D eigenvalue weighted by Gasteiger charge is -2.34. The topological polar surface area (TPSA) is 102 Å². The Balaban J connectivity index is 4.39. The molecule has 0 saturated heterocycles. The van der Waals surface area contributed by atoms with Gasteiger partial charge in [-0.05, 0) is 57.8 Å². The number of carboxylic acid groups (broad SMARTS) is 1. The minimum Gasteiger partial charge on any atom is -0.544 e. The van der Waals surface area contributed by atoms with Crippen molar-refractivity contribution in [2.75, 3.05) is 41.0 Å². The van der Waals surface area contributed by atoms with E-state index >= 15 is 0 Å². The van der Waals surface area contributed by atoms with Gasteiger partial charge in [-0.15, -0.1) is 0 Å². The summed E-state index contributed by atoms with van der Waals surface area (Å²) in [5.74, 6) is -1.80. The van der Waals surface area contributed by atoms with Crippen LogP contribution < -0.4 is 5.11 Å². The van der Waals surface area contributed by atoms with Crippen LogP contribution >= 0.6 is 0 Å². The Morgan fingerprint density at radius 2 is 1.04 bits per heavy atom. The zero-order valence-corrected chi connectivity index (χ0v) is 35.8. The second-order valence-electron chi connectivity index (χ2n) is 15.6. The fourth-order valence-electron chi connectivity index (χ4n) is 6.07. The van der Waals surface area contributed by atoms with E-state index in [1.54, 1.807) is 21.1 Å². The van der Waals surface area contributed by atoms with Crippen molar-refractivity contribution in [3.63, 3.8) is 0 Å². The first-order valence-corrected chi connectivity index (χ1v) is 21.9. The van der Waals surface area contributed by atoms with Crippen LogP contribution in [0.5, 0.6) is 0 Å². The van der Waals surface area contributed by atoms with Crippen molar-refractivity contribution in [2.24, 2.45) is 0 Å². The Morgan fingerprint density at radius 3 is 1.58 bits per heavy atom. The van der Waals surface area contributed by atoms with Crippen LogP contribution in [0.15, 0.2) is 60.8 Å². The second-order valence-corrected chi connectivity index (χ2v) is 15.6. The summed E-state index contributed by atoms with van der Waals surface area (Å²) < 4.78 is 17.1. The zero-order valence-electron chi connectivity index (χ0n) is 35.8. The number of allylic oxidation sites excluding steroid dienone is 10. The van der Waals surface area contributed by atoms with E-state index in [1.807, 2.05) is 36.5 Å². The molecule has 0 rings (SSSR count). The summed E-state index contributed by atoms with van der Waals surface area (Å²) in [5, 5.41) is 11.6. The number of hydrogen-bond acceptors (Lipinski definition) is 7. The molecule has 0 heterocycles. The fraction of sp³-hybridized carbons (Fsp3) is 0.723. The molecule has 8 heteroatoms. The molecule has 0 aromatic carbocycles. The van der Waals surface area contributed by atoms with E-state index in [-0.39, 0.29) is 49.1 Å². The maximum absolute atomic E-state index is 12.7. The standard InChI is InChI=1S/C47H81NO7/c1-6-8-10-12-14-16-18-20-21-22-23-24-26-27-29-31-33-35-37-45(49)54-42-43(41-53-40-39-44(47(51)52)48(3,4)5)55-46(50)38-36-34-32-30-28-25-19-17-15-13-11-9-7-2/h9,11,13,15,17,19,23-25,28,43-44H,6-8,10,12,14,16,18,20-22,26-27,29-42H2,1-5H3/b11-9+,15-13+,19-17+,24-23+,28-25+. The summed E-state index contributed by atoms with van der Waals surface area (Å²) in [7, 11) is 5.38. The lowest BCUT2D eigenvalue weighted by molar-refractivity contribution is -0.889. The van der Waals surface area contributed by atoms with E-state index in [1.165, 1.54) is 70.6 Å². The van der Waals surface area contributed by atoms with Crippen LogP contribution in [0.3, 0.4) is 0 Å². The molecule has 8 nitrogen and oxygen atoms in total. The molecule has 55 heavy (non-hydrogen) atoms. The van der Waals surface area contributed by atoms with Crippen molar-refractivity contribution in [1.29, 1.82) is 0 Å². The average molecular weight is 772 g/mol. The third-order valence-corrected chi connectivity index (χ3v) is 9.48.